The van der Waals surface area contributed by atoms with Gasteiger partial charge in [-0.25, -0.2) is 4.79 Å². The molecule has 9 heteroatoms. The summed E-state index contributed by atoms with van der Waals surface area (Å²) in [6, 6.07) is 20.5. The van der Waals surface area contributed by atoms with Crippen LogP contribution in [0.1, 0.15) is 46.4 Å². The number of methoxy groups -OCH3 is 1. The molecule has 2 heterocycles. The van der Waals surface area contributed by atoms with E-state index in [2.05, 4.69) is 50.0 Å². The van der Waals surface area contributed by atoms with Crippen molar-refractivity contribution in [2.45, 2.75) is 70.6 Å². The number of aromatic nitrogens is 2. The van der Waals surface area contributed by atoms with Gasteiger partial charge in [0.2, 0.25) is 0 Å². The number of H-pyrrole nitrogens is 1. The fourth-order valence-electron chi connectivity index (χ4n) is 5.78. The van der Waals surface area contributed by atoms with Crippen LogP contribution in [0.3, 0.4) is 0 Å². The number of aliphatic hydroxyl groups excluding tert-OH is 1. The summed E-state index contributed by atoms with van der Waals surface area (Å²) < 4.78 is 20.8. The molecule has 4 rings (SSSR count). The van der Waals surface area contributed by atoms with Crippen molar-refractivity contribution in [1.82, 2.24) is 9.55 Å². The molecule has 0 amide bonds. The Morgan fingerprint density at radius 1 is 1.05 bits per heavy atom. The lowest BCUT2D eigenvalue weighted by Crippen LogP contribution is -2.68. The van der Waals surface area contributed by atoms with Gasteiger partial charge in [-0.15, -0.1) is 0 Å². The predicted molar refractivity (Wildman–Crippen MR) is 154 cm³/mol. The van der Waals surface area contributed by atoms with E-state index in [9.17, 15) is 14.7 Å². The number of rotatable bonds is 8. The Morgan fingerprint density at radius 2 is 1.59 bits per heavy atom. The number of nitrogens with one attached hydrogen (secondary N) is 1. The minimum atomic E-state index is -2.95. The number of aryl methyl sites for hydroxylation is 1. The SMILES string of the molecule is CO[C@H]1C(n2cc(C)c(=O)[nH]c2=O)O[C@@](CO[Si](c2ccccc2)(c2ccccc2)C(C)(C)C)(C(C)C)[C@H]1O. The standard InChI is InChI=1S/C30H40N2O6Si/c1-20(2)30(25(33)24(36-7)27(38-30)32-18-21(3)26(34)31-28(32)35)19-37-39(29(4,5)6,22-14-10-8-11-15-22)23-16-12-9-13-17-23/h8-18,20,24-25,27,33H,19H2,1-7H3,(H,31,34,35)/t24-,25+,27?,30+/m1/s1. The number of ether oxygens (including phenoxy) is 2. The summed E-state index contributed by atoms with van der Waals surface area (Å²) in [4.78, 5) is 27.2. The summed E-state index contributed by atoms with van der Waals surface area (Å²) in [6.07, 6.45) is -1.48. The average Bonchev–Trinajstić information content (AvgIpc) is 3.19. The van der Waals surface area contributed by atoms with Crippen molar-refractivity contribution in [3.8, 4) is 0 Å². The van der Waals surface area contributed by atoms with Crippen LogP contribution in [0.2, 0.25) is 5.04 Å². The van der Waals surface area contributed by atoms with E-state index in [1.165, 1.54) is 17.9 Å². The molecule has 0 bridgehead atoms. The minimum absolute atomic E-state index is 0.0760. The van der Waals surface area contributed by atoms with Crippen molar-refractivity contribution in [3.05, 3.63) is 93.3 Å². The Balaban J connectivity index is 1.84. The molecule has 1 saturated heterocycles. The second kappa shape index (κ2) is 11.0. The number of benzene rings is 2. The highest BCUT2D eigenvalue weighted by Gasteiger charge is 2.60. The van der Waals surface area contributed by atoms with Crippen LogP contribution in [0, 0.1) is 12.8 Å². The van der Waals surface area contributed by atoms with Gasteiger partial charge in [0.15, 0.2) is 6.23 Å². The van der Waals surface area contributed by atoms with Gasteiger partial charge in [-0.2, -0.15) is 0 Å². The largest absolute Gasteiger partial charge is 0.404 e. The van der Waals surface area contributed by atoms with E-state index in [1.807, 2.05) is 50.2 Å². The van der Waals surface area contributed by atoms with Crippen LogP contribution < -0.4 is 21.6 Å². The van der Waals surface area contributed by atoms with E-state index in [1.54, 1.807) is 6.92 Å². The molecule has 0 aliphatic carbocycles. The molecule has 1 aromatic heterocycles. The van der Waals surface area contributed by atoms with E-state index in [4.69, 9.17) is 13.9 Å². The number of hydrogen-bond acceptors (Lipinski definition) is 6. The fourth-order valence-corrected chi connectivity index (χ4v) is 10.4. The molecule has 39 heavy (non-hydrogen) atoms. The van der Waals surface area contributed by atoms with Gasteiger partial charge in [0, 0.05) is 18.9 Å². The lowest BCUT2D eigenvalue weighted by Gasteiger charge is -2.46. The monoisotopic (exact) mass is 552 g/mol. The summed E-state index contributed by atoms with van der Waals surface area (Å²) >= 11 is 0. The number of aliphatic hydroxyl groups is 1. The van der Waals surface area contributed by atoms with Crippen molar-refractivity contribution < 1.29 is 19.0 Å². The summed E-state index contributed by atoms with van der Waals surface area (Å²) in [5, 5.41) is 13.7. The van der Waals surface area contributed by atoms with Crippen LogP contribution >= 0.6 is 0 Å². The molecule has 2 N–H and O–H groups in total. The van der Waals surface area contributed by atoms with Crippen LogP contribution in [0.4, 0.5) is 0 Å². The first-order chi connectivity index (χ1) is 18.4. The summed E-state index contributed by atoms with van der Waals surface area (Å²) in [5.41, 5.74) is -1.93. The number of nitrogens with zero attached hydrogens (tertiary/aromatic N) is 1. The van der Waals surface area contributed by atoms with Crippen LogP contribution in [0.25, 0.3) is 0 Å². The first-order valence-electron chi connectivity index (χ1n) is 13.3. The van der Waals surface area contributed by atoms with E-state index in [0.717, 1.165) is 10.4 Å². The Bertz CT molecular complexity index is 1340. The third-order valence-corrected chi connectivity index (χ3v) is 13.0. The lowest BCUT2D eigenvalue weighted by atomic mass is 9.85. The van der Waals surface area contributed by atoms with Crippen molar-refractivity contribution in [2.75, 3.05) is 13.7 Å². The van der Waals surface area contributed by atoms with Crippen molar-refractivity contribution in [3.63, 3.8) is 0 Å². The third kappa shape index (κ3) is 4.98. The zero-order valence-corrected chi connectivity index (χ0v) is 24.8. The maximum Gasteiger partial charge on any atom is 0.330 e. The predicted octanol–water partition coefficient (Wildman–Crippen LogP) is 2.72. The second-order valence-electron chi connectivity index (χ2n) is 11.7. The lowest BCUT2D eigenvalue weighted by molar-refractivity contribution is -0.150. The Labute approximate surface area is 230 Å². The molecule has 0 spiro atoms. The van der Waals surface area contributed by atoms with E-state index < -0.39 is 43.6 Å². The second-order valence-corrected chi connectivity index (χ2v) is 16.0. The number of hydrogen-bond donors (Lipinski definition) is 2. The molecular formula is C30H40N2O6Si. The van der Waals surface area contributed by atoms with Gasteiger partial charge in [0.05, 0.1) is 6.61 Å². The Morgan fingerprint density at radius 3 is 2.05 bits per heavy atom. The fraction of sp³-hybridized carbons (Fsp3) is 0.467. The molecule has 2 aromatic carbocycles. The zero-order valence-electron chi connectivity index (χ0n) is 23.8. The van der Waals surface area contributed by atoms with Gasteiger partial charge in [0.25, 0.3) is 13.9 Å². The molecule has 1 fully saturated rings. The van der Waals surface area contributed by atoms with Gasteiger partial charge in [0.1, 0.15) is 17.8 Å². The molecule has 1 aliphatic heterocycles. The molecule has 210 valence electrons. The van der Waals surface area contributed by atoms with Crippen molar-refractivity contribution in [1.29, 1.82) is 0 Å². The normalized spacial score (nSPS) is 23.9. The van der Waals surface area contributed by atoms with Gasteiger partial charge in [-0.3, -0.25) is 14.3 Å². The third-order valence-electron chi connectivity index (χ3n) is 8.03. The molecule has 3 aromatic rings. The smallest absolute Gasteiger partial charge is 0.330 e. The van der Waals surface area contributed by atoms with Gasteiger partial charge in [-0.1, -0.05) is 95.3 Å². The average molecular weight is 553 g/mol. The van der Waals surface area contributed by atoms with Crippen molar-refractivity contribution in [2.24, 2.45) is 5.92 Å². The highest BCUT2D eigenvalue weighted by Crippen LogP contribution is 2.45. The van der Waals surface area contributed by atoms with E-state index in [0.29, 0.717) is 5.56 Å². The van der Waals surface area contributed by atoms with Crippen LogP contribution in [0.15, 0.2) is 76.4 Å². The Hall–Kier alpha value is -2.82. The molecule has 1 aliphatic rings. The Kier molecular flexibility index (Phi) is 8.21. The summed E-state index contributed by atoms with van der Waals surface area (Å²) in [6.45, 7) is 12.2. The molecular weight excluding hydrogens is 512 g/mol. The highest BCUT2D eigenvalue weighted by molar-refractivity contribution is 6.99. The topological polar surface area (TPSA) is 103 Å². The molecule has 0 saturated carbocycles. The summed E-state index contributed by atoms with van der Waals surface area (Å²) in [5.74, 6) is -0.201. The quantitative estimate of drug-likeness (QED) is 0.417. The van der Waals surface area contributed by atoms with Crippen LogP contribution in [-0.2, 0) is 13.9 Å². The highest BCUT2D eigenvalue weighted by atomic mass is 28.4. The first-order valence-corrected chi connectivity index (χ1v) is 15.3. The van der Waals surface area contributed by atoms with Gasteiger partial charge < -0.3 is 19.0 Å². The molecule has 8 nitrogen and oxygen atoms in total. The molecule has 0 radical (unpaired) electrons. The molecule has 4 atom stereocenters. The molecule has 1 unspecified atom stereocenters. The van der Waals surface area contributed by atoms with Crippen LogP contribution in [0.5, 0.6) is 0 Å². The van der Waals surface area contributed by atoms with E-state index in [-0.39, 0.29) is 17.6 Å². The van der Waals surface area contributed by atoms with Crippen LogP contribution in [-0.4, -0.2) is 54.5 Å². The first kappa shape index (κ1) is 29.2. The van der Waals surface area contributed by atoms with E-state index >= 15 is 0 Å². The van der Waals surface area contributed by atoms with Crippen molar-refractivity contribution >= 4 is 18.7 Å². The summed E-state index contributed by atoms with van der Waals surface area (Å²) in [7, 11) is -1.47. The maximum atomic E-state index is 12.8. The van der Waals surface area contributed by atoms with Gasteiger partial charge >= 0.3 is 5.69 Å². The number of aromatic amines is 1. The minimum Gasteiger partial charge on any atom is -0.404 e. The zero-order chi connectivity index (χ0) is 28.6. The van der Waals surface area contributed by atoms with Gasteiger partial charge in [-0.05, 0) is 28.3 Å². The maximum absolute atomic E-state index is 12.8.